The Morgan fingerprint density at radius 1 is 1.44 bits per heavy atom. The van der Waals surface area contributed by atoms with Gasteiger partial charge in [0.2, 0.25) is 5.91 Å². The van der Waals surface area contributed by atoms with Crippen molar-refractivity contribution in [2.45, 2.75) is 25.3 Å². The molecule has 18 heavy (non-hydrogen) atoms. The fourth-order valence-electron chi connectivity index (χ4n) is 1.59. The molecule has 1 amide bonds. The molecule has 5 heteroatoms. The van der Waals surface area contributed by atoms with Crippen molar-refractivity contribution in [3.05, 3.63) is 35.9 Å². The summed E-state index contributed by atoms with van der Waals surface area (Å²) >= 11 is 0. The molecule has 1 aromatic carbocycles. The van der Waals surface area contributed by atoms with Crippen molar-refractivity contribution in [3.63, 3.8) is 0 Å². The summed E-state index contributed by atoms with van der Waals surface area (Å²) < 4.78 is 15.4. The van der Waals surface area contributed by atoms with Gasteiger partial charge in [0.1, 0.15) is 6.04 Å². The third-order valence-corrected chi connectivity index (χ3v) is 2.64. The number of nitrogens with two attached hydrogens (primary N) is 1. The molecule has 1 atom stereocenters. The van der Waals surface area contributed by atoms with Gasteiger partial charge in [0, 0.05) is 8.16 Å². The van der Waals surface area contributed by atoms with E-state index in [1.54, 1.807) is 30.3 Å². The molecule has 0 aliphatic rings. The Morgan fingerprint density at radius 3 is 2.50 bits per heavy atom. The zero-order valence-electron chi connectivity index (χ0n) is 11.9. The second-order valence-electron chi connectivity index (χ2n) is 4.07. The van der Waals surface area contributed by atoms with E-state index in [9.17, 15) is 14.7 Å². The quantitative estimate of drug-likeness (QED) is 0.711. The Balaban J connectivity index is 3.27. The highest BCUT2D eigenvalue weighted by molar-refractivity contribution is 5.85. The molecule has 0 spiro atoms. The van der Waals surface area contributed by atoms with Gasteiger partial charge in [-0.2, -0.15) is 0 Å². The van der Waals surface area contributed by atoms with E-state index in [4.69, 9.17) is 8.48 Å². The van der Waals surface area contributed by atoms with Gasteiger partial charge in [-0.1, -0.05) is 44.1 Å². The standard InChI is InChI=1S/C13H18N2O3/c1-13(2,9-6-4-3-5-7-9)11(12(17)18)15-10(16)8-14/h3-7,11H,8,14H2,1-2H3,(H,15,16)(H,17,18)/t11-/m1/s1/i1D,2D. The van der Waals surface area contributed by atoms with Crippen molar-refractivity contribution in [3.8, 4) is 0 Å². The second kappa shape index (κ2) is 5.64. The van der Waals surface area contributed by atoms with Crippen LogP contribution in [0.15, 0.2) is 30.3 Å². The average molecular weight is 252 g/mol. The zero-order valence-corrected chi connectivity index (χ0v) is 9.93. The molecule has 0 bridgehead atoms. The first-order chi connectivity index (χ1) is 9.51. The summed E-state index contributed by atoms with van der Waals surface area (Å²) in [6, 6.07) is 7.13. The van der Waals surface area contributed by atoms with Crippen LogP contribution in [-0.2, 0) is 15.0 Å². The zero-order chi connectivity index (χ0) is 15.2. The number of hydrogen-bond acceptors (Lipinski definition) is 3. The summed E-state index contributed by atoms with van der Waals surface area (Å²) in [5.41, 5.74) is 4.42. The molecule has 0 unspecified atom stereocenters. The van der Waals surface area contributed by atoms with Gasteiger partial charge < -0.3 is 16.2 Å². The Morgan fingerprint density at radius 2 is 2.06 bits per heavy atom. The second-order valence-corrected chi connectivity index (χ2v) is 4.07. The molecular formula is C13H18N2O3. The smallest absolute Gasteiger partial charge is 0.327 e. The highest BCUT2D eigenvalue weighted by Gasteiger charge is 2.37. The van der Waals surface area contributed by atoms with Crippen LogP contribution in [-0.4, -0.2) is 29.6 Å². The lowest BCUT2D eigenvalue weighted by molar-refractivity contribution is -0.143. The molecule has 0 heterocycles. The summed E-state index contributed by atoms with van der Waals surface area (Å²) in [6.45, 7) is -1.00. The molecule has 98 valence electrons. The molecule has 4 N–H and O–H groups in total. The van der Waals surface area contributed by atoms with E-state index >= 15 is 0 Å². The van der Waals surface area contributed by atoms with E-state index in [2.05, 4.69) is 5.32 Å². The summed E-state index contributed by atoms with van der Waals surface area (Å²) in [5, 5.41) is 11.7. The van der Waals surface area contributed by atoms with Gasteiger partial charge in [-0.25, -0.2) is 4.79 Å². The Labute approximate surface area is 109 Å². The van der Waals surface area contributed by atoms with Crippen molar-refractivity contribution in [1.82, 2.24) is 5.32 Å². The molecule has 0 aromatic heterocycles. The molecule has 5 nitrogen and oxygen atoms in total. The maximum absolute atomic E-state index is 11.5. The Hall–Kier alpha value is -1.88. The van der Waals surface area contributed by atoms with Crippen molar-refractivity contribution < 1.29 is 17.4 Å². The number of benzene rings is 1. The third kappa shape index (κ3) is 3.07. The molecule has 1 rings (SSSR count). The third-order valence-electron chi connectivity index (χ3n) is 2.64. The molecule has 0 saturated carbocycles. The van der Waals surface area contributed by atoms with E-state index in [1.807, 2.05) is 0 Å². The first-order valence-corrected chi connectivity index (χ1v) is 5.38. The number of carbonyl (C=O) groups is 2. The van der Waals surface area contributed by atoms with E-state index in [1.165, 1.54) is 0 Å². The molecule has 0 aliphatic carbocycles. The highest BCUT2D eigenvalue weighted by Crippen LogP contribution is 2.27. The number of aliphatic carboxylic acids is 1. The van der Waals surface area contributed by atoms with Crippen LogP contribution in [0, 0.1) is 0 Å². The Bertz CT molecular complexity index is 464. The van der Waals surface area contributed by atoms with E-state index < -0.39 is 23.3 Å². The van der Waals surface area contributed by atoms with Crippen molar-refractivity contribution >= 4 is 11.9 Å². The van der Waals surface area contributed by atoms with Crippen LogP contribution in [0.5, 0.6) is 0 Å². The van der Waals surface area contributed by atoms with Crippen molar-refractivity contribution in [2.24, 2.45) is 5.73 Å². The summed E-state index contributed by atoms with van der Waals surface area (Å²) in [6.07, 6.45) is 0. The normalized spacial score (nSPS) is 14.3. The van der Waals surface area contributed by atoms with Crippen molar-refractivity contribution in [2.75, 3.05) is 6.54 Å². The van der Waals surface area contributed by atoms with E-state index in [0.29, 0.717) is 5.56 Å². The summed E-state index contributed by atoms with van der Waals surface area (Å²) in [7, 11) is 0. The number of nitrogens with one attached hydrogen (secondary N) is 1. The molecule has 0 fully saturated rings. The fourth-order valence-corrected chi connectivity index (χ4v) is 1.59. The molecule has 1 aromatic rings. The lowest BCUT2D eigenvalue weighted by Gasteiger charge is -2.32. The van der Waals surface area contributed by atoms with Gasteiger partial charge in [-0.05, 0) is 5.56 Å². The van der Waals surface area contributed by atoms with Crippen LogP contribution in [0.1, 0.15) is 22.1 Å². The summed E-state index contributed by atoms with van der Waals surface area (Å²) in [4.78, 5) is 22.9. The number of rotatable bonds is 5. The largest absolute Gasteiger partial charge is 0.480 e. The van der Waals surface area contributed by atoms with E-state index in [-0.39, 0.29) is 20.3 Å². The van der Waals surface area contributed by atoms with Gasteiger partial charge in [-0.3, -0.25) is 4.79 Å². The summed E-state index contributed by atoms with van der Waals surface area (Å²) in [5.74, 6) is -1.91. The minimum absolute atomic E-state index is 0.331. The van der Waals surface area contributed by atoms with Crippen LogP contribution in [0.25, 0.3) is 0 Å². The lowest BCUT2D eigenvalue weighted by Crippen LogP contribution is -2.53. The first kappa shape index (κ1) is 11.2. The van der Waals surface area contributed by atoms with Gasteiger partial charge >= 0.3 is 5.97 Å². The Kier molecular flexibility index (Phi) is 3.52. The number of amides is 1. The number of carbonyl (C=O) groups excluding carboxylic acids is 1. The SMILES string of the molecule is [2H]CC(C[2H])(c1ccccc1)[C@H](NC(=O)CN)C(=O)O. The molecule has 0 aliphatic heterocycles. The van der Waals surface area contributed by atoms with Gasteiger partial charge in [0.15, 0.2) is 0 Å². The van der Waals surface area contributed by atoms with Crippen LogP contribution in [0.4, 0.5) is 0 Å². The monoisotopic (exact) mass is 252 g/mol. The van der Waals surface area contributed by atoms with Crippen LogP contribution >= 0.6 is 0 Å². The predicted octanol–water partition coefficient (Wildman–Crippen LogP) is 0.492. The van der Waals surface area contributed by atoms with Gasteiger partial charge in [0.05, 0.1) is 6.54 Å². The molecule has 0 saturated heterocycles. The molecule has 0 radical (unpaired) electrons. The fraction of sp³-hybridized carbons (Fsp3) is 0.385. The number of hydrogen-bond donors (Lipinski definition) is 3. The maximum Gasteiger partial charge on any atom is 0.327 e. The topological polar surface area (TPSA) is 92.4 Å². The lowest BCUT2D eigenvalue weighted by atomic mass is 9.77. The minimum atomic E-state index is -1.36. The van der Waals surface area contributed by atoms with Crippen molar-refractivity contribution in [1.29, 1.82) is 0 Å². The average Bonchev–Trinajstić information content (AvgIpc) is 2.48. The first-order valence-electron chi connectivity index (χ1n) is 6.79. The van der Waals surface area contributed by atoms with Gasteiger partial charge in [-0.15, -0.1) is 0 Å². The van der Waals surface area contributed by atoms with Crippen LogP contribution in [0.3, 0.4) is 0 Å². The highest BCUT2D eigenvalue weighted by atomic mass is 16.4. The van der Waals surface area contributed by atoms with Gasteiger partial charge in [0.25, 0.3) is 0 Å². The van der Waals surface area contributed by atoms with Crippen LogP contribution in [0.2, 0.25) is 0 Å². The van der Waals surface area contributed by atoms with Crippen LogP contribution < -0.4 is 11.1 Å². The minimum Gasteiger partial charge on any atom is -0.480 e. The maximum atomic E-state index is 11.5. The molecular weight excluding hydrogens is 232 g/mol. The number of carboxylic acids is 1. The number of carboxylic acid groups (broad SMARTS) is 1. The predicted molar refractivity (Wildman–Crippen MR) is 68.1 cm³/mol. The van der Waals surface area contributed by atoms with E-state index in [0.717, 1.165) is 0 Å².